The Balaban J connectivity index is 1.52. The summed E-state index contributed by atoms with van der Waals surface area (Å²) >= 11 is 1.22. The maximum Gasteiger partial charge on any atom is 0.264 e. The Labute approximate surface area is 156 Å². The van der Waals surface area contributed by atoms with Crippen LogP contribution in [0.15, 0.2) is 34.5 Å². The summed E-state index contributed by atoms with van der Waals surface area (Å²) in [5.74, 6) is 6.42. The molecular weight excluding hydrogens is 350 g/mol. The second kappa shape index (κ2) is 8.70. The van der Waals surface area contributed by atoms with Gasteiger partial charge in [0.05, 0.1) is 5.75 Å². The first-order valence-corrected chi connectivity index (χ1v) is 9.61. The van der Waals surface area contributed by atoms with Crippen LogP contribution in [0.1, 0.15) is 37.7 Å². The molecule has 0 bridgehead atoms. The standard InChI is InChI=1S/C17H23N7OS/c1-12-6-5-9-14(10-12)19-15(25)11-26-17-23-22-16(24(17)18)21-20-13-7-3-2-4-8-13/h5-6,9-10H,2-4,7-8,11,18H2,1H3,(H,19,25)(H,21,22). The van der Waals surface area contributed by atoms with Crippen molar-refractivity contribution in [3.8, 4) is 0 Å². The molecule has 0 unspecified atom stereocenters. The summed E-state index contributed by atoms with van der Waals surface area (Å²) in [6.07, 6.45) is 5.62. The van der Waals surface area contributed by atoms with Crippen LogP contribution < -0.4 is 16.6 Å². The van der Waals surface area contributed by atoms with Crippen molar-refractivity contribution in [1.29, 1.82) is 0 Å². The summed E-state index contributed by atoms with van der Waals surface area (Å²) in [5, 5.41) is 15.7. The molecule has 1 heterocycles. The van der Waals surface area contributed by atoms with Crippen molar-refractivity contribution >= 4 is 35.0 Å². The van der Waals surface area contributed by atoms with E-state index in [1.807, 2.05) is 31.2 Å². The van der Waals surface area contributed by atoms with Crippen LogP contribution in [0.2, 0.25) is 0 Å². The number of aryl methyl sites for hydroxylation is 1. The van der Waals surface area contributed by atoms with Gasteiger partial charge in [0.2, 0.25) is 11.1 Å². The average Bonchev–Trinajstić information content (AvgIpc) is 2.99. The Hall–Kier alpha value is -2.55. The van der Waals surface area contributed by atoms with Crippen LogP contribution >= 0.6 is 11.8 Å². The van der Waals surface area contributed by atoms with Crippen molar-refractivity contribution in [3.63, 3.8) is 0 Å². The SMILES string of the molecule is Cc1cccc(NC(=O)CSc2nnc(NN=C3CCCCC3)n2N)c1. The summed E-state index contributed by atoms with van der Waals surface area (Å²) in [5.41, 5.74) is 5.87. The summed E-state index contributed by atoms with van der Waals surface area (Å²) in [6.45, 7) is 1.98. The van der Waals surface area contributed by atoms with Crippen LogP contribution in [-0.2, 0) is 4.79 Å². The molecule has 3 rings (SSSR count). The number of nitrogens with zero attached hydrogens (tertiary/aromatic N) is 4. The minimum Gasteiger partial charge on any atom is -0.334 e. The number of thioether (sulfide) groups is 1. The van der Waals surface area contributed by atoms with Crippen LogP contribution in [0.4, 0.5) is 11.6 Å². The van der Waals surface area contributed by atoms with Crippen molar-refractivity contribution in [2.24, 2.45) is 5.10 Å². The molecule has 0 aliphatic heterocycles. The number of carbonyl (C=O) groups excluding carboxylic acids is 1. The van der Waals surface area contributed by atoms with Gasteiger partial charge in [-0.2, -0.15) is 5.10 Å². The number of hydrogen-bond donors (Lipinski definition) is 3. The molecule has 1 aromatic carbocycles. The van der Waals surface area contributed by atoms with Gasteiger partial charge in [-0.05, 0) is 50.3 Å². The van der Waals surface area contributed by atoms with Crippen molar-refractivity contribution in [2.45, 2.75) is 44.2 Å². The van der Waals surface area contributed by atoms with Crippen LogP contribution in [0.3, 0.4) is 0 Å². The number of benzene rings is 1. The van der Waals surface area contributed by atoms with Crippen molar-refractivity contribution in [3.05, 3.63) is 29.8 Å². The molecule has 9 heteroatoms. The van der Waals surface area contributed by atoms with Gasteiger partial charge in [-0.15, -0.1) is 10.2 Å². The molecule has 0 radical (unpaired) electrons. The lowest BCUT2D eigenvalue weighted by atomic mass is 9.99. The fraction of sp³-hybridized carbons (Fsp3) is 0.412. The lowest BCUT2D eigenvalue weighted by Crippen LogP contribution is -2.17. The Kier molecular flexibility index (Phi) is 6.11. The number of hydrogen-bond acceptors (Lipinski definition) is 7. The first kappa shape index (κ1) is 18.2. The van der Waals surface area contributed by atoms with Gasteiger partial charge in [0.25, 0.3) is 5.95 Å². The zero-order chi connectivity index (χ0) is 18.4. The fourth-order valence-corrected chi connectivity index (χ4v) is 3.36. The zero-order valence-electron chi connectivity index (χ0n) is 14.7. The number of amides is 1. The third-order valence-electron chi connectivity index (χ3n) is 4.04. The molecule has 0 atom stereocenters. The Bertz CT molecular complexity index is 794. The maximum absolute atomic E-state index is 12.1. The number of nitrogens with two attached hydrogens (primary N) is 1. The predicted octanol–water partition coefficient (Wildman–Crippen LogP) is 2.76. The van der Waals surface area contributed by atoms with Gasteiger partial charge in [-0.1, -0.05) is 30.3 Å². The Morgan fingerprint density at radius 1 is 1.31 bits per heavy atom. The summed E-state index contributed by atoms with van der Waals surface area (Å²) < 4.78 is 1.32. The van der Waals surface area contributed by atoms with E-state index in [9.17, 15) is 4.79 Å². The summed E-state index contributed by atoms with van der Waals surface area (Å²) in [4.78, 5) is 12.1. The summed E-state index contributed by atoms with van der Waals surface area (Å²) in [7, 11) is 0. The lowest BCUT2D eigenvalue weighted by molar-refractivity contribution is -0.113. The van der Waals surface area contributed by atoms with E-state index in [1.54, 1.807) is 0 Å². The zero-order valence-corrected chi connectivity index (χ0v) is 15.6. The predicted molar refractivity (Wildman–Crippen MR) is 105 cm³/mol. The quantitative estimate of drug-likeness (QED) is 0.408. The van der Waals surface area contributed by atoms with Gasteiger partial charge < -0.3 is 11.2 Å². The number of nitrogens with one attached hydrogen (secondary N) is 2. The van der Waals surface area contributed by atoms with Gasteiger partial charge >= 0.3 is 0 Å². The molecule has 1 aliphatic rings. The summed E-state index contributed by atoms with van der Waals surface area (Å²) in [6, 6.07) is 7.65. The highest BCUT2D eigenvalue weighted by molar-refractivity contribution is 7.99. The molecule has 4 N–H and O–H groups in total. The first-order chi connectivity index (χ1) is 12.6. The highest BCUT2D eigenvalue weighted by Crippen LogP contribution is 2.19. The molecule has 8 nitrogen and oxygen atoms in total. The minimum atomic E-state index is -0.124. The molecule has 0 spiro atoms. The number of nitrogen functional groups attached to an aromatic ring is 1. The van der Waals surface area contributed by atoms with E-state index in [4.69, 9.17) is 5.84 Å². The number of aromatic nitrogens is 3. The minimum absolute atomic E-state index is 0.124. The van der Waals surface area contributed by atoms with Gasteiger partial charge in [0.1, 0.15) is 0 Å². The van der Waals surface area contributed by atoms with E-state index < -0.39 is 0 Å². The highest BCUT2D eigenvalue weighted by atomic mass is 32.2. The molecule has 1 fully saturated rings. The van der Waals surface area contributed by atoms with Crippen LogP contribution in [0.25, 0.3) is 0 Å². The lowest BCUT2D eigenvalue weighted by Gasteiger charge is -2.12. The number of anilines is 2. The normalized spacial score (nSPS) is 14.1. The second-order valence-corrected chi connectivity index (χ2v) is 7.18. The van der Waals surface area contributed by atoms with E-state index in [0.29, 0.717) is 11.1 Å². The molecule has 1 aliphatic carbocycles. The molecule has 1 saturated carbocycles. The largest absolute Gasteiger partial charge is 0.334 e. The highest BCUT2D eigenvalue weighted by Gasteiger charge is 2.13. The van der Waals surface area contributed by atoms with E-state index in [-0.39, 0.29) is 11.7 Å². The van der Waals surface area contributed by atoms with E-state index in [0.717, 1.165) is 29.8 Å². The van der Waals surface area contributed by atoms with Crippen molar-refractivity contribution < 1.29 is 4.79 Å². The maximum atomic E-state index is 12.1. The molecule has 2 aromatic rings. The number of carbonyl (C=O) groups is 1. The van der Waals surface area contributed by atoms with Crippen molar-refractivity contribution in [2.75, 3.05) is 22.3 Å². The molecule has 138 valence electrons. The van der Waals surface area contributed by atoms with Gasteiger partial charge in [-0.25, -0.2) is 10.1 Å². The number of rotatable bonds is 6. The van der Waals surface area contributed by atoms with Crippen LogP contribution in [0.5, 0.6) is 0 Å². The molecule has 26 heavy (non-hydrogen) atoms. The monoisotopic (exact) mass is 373 g/mol. The van der Waals surface area contributed by atoms with Crippen LogP contribution in [-0.4, -0.2) is 32.2 Å². The molecule has 1 aromatic heterocycles. The van der Waals surface area contributed by atoms with Gasteiger partial charge in [-0.3, -0.25) is 4.79 Å². The van der Waals surface area contributed by atoms with E-state index in [2.05, 4.69) is 26.0 Å². The molecular formula is C17H23N7OS. The molecule has 0 saturated heterocycles. The van der Waals surface area contributed by atoms with Gasteiger partial charge in [0.15, 0.2) is 0 Å². The topological polar surface area (TPSA) is 110 Å². The fourth-order valence-electron chi connectivity index (χ4n) is 2.70. The second-order valence-electron chi connectivity index (χ2n) is 6.23. The first-order valence-electron chi connectivity index (χ1n) is 8.63. The van der Waals surface area contributed by atoms with Crippen molar-refractivity contribution in [1.82, 2.24) is 14.9 Å². The van der Waals surface area contributed by atoms with Crippen LogP contribution in [0, 0.1) is 6.92 Å². The molecule has 1 amide bonds. The van der Waals surface area contributed by atoms with E-state index >= 15 is 0 Å². The average molecular weight is 373 g/mol. The van der Waals surface area contributed by atoms with E-state index in [1.165, 1.54) is 35.7 Å². The third-order valence-corrected chi connectivity index (χ3v) is 4.99. The Morgan fingerprint density at radius 3 is 2.88 bits per heavy atom. The number of hydrazone groups is 1. The third kappa shape index (κ3) is 4.98. The van der Waals surface area contributed by atoms with Gasteiger partial charge in [0, 0.05) is 11.4 Å². The smallest absolute Gasteiger partial charge is 0.264 e. The Morgan fingerprint density at radius 2 is 2.12 bits per heavy atom.